The van der Waals surface area contributed by atoms with E-state index < -0.39 is 10.0 Å². The van der Waals surface area contributed by atoms with E-state index in [1.807, 2.05) is 18.7 Å². The van der Waals surface area contributed by atoms with Crippen molar-refractivity contribution in [3.05, 3.63) is 0 Å². The SMILES string of the molecule is CC(C)C(=O)N1CCC(NS(=O)(=O)CCCCl)CC1. The number of nitrogens with zero attached hydrogens (tertiary/aromatic N) is 1. The zero-order valence-electron chi connectivity index (χ0n) is 11.6. The van der Waals surface area contributed by atoms with Gasteiger partial charge in [-0.25, -0.2) is 13.1 Å². The first-order valence-electron chi connectivity index (χ1n) is 6.70. The lowest BCUT2D eigenvalue weighted by molar-refractivity contribution is -0.135. The number of hydrogen-bond acceptors (Lipinski definition) is 3. The van der Waals surface area contributed by atoms with Crippen LogP contribution in [-0.4, -0.2) is 50.0 Å². The Balaban J connectivity index is 2.40. The number of rotatable bonds is 6. The number of hydrogen-bond donors (Lipinski definition) is 1. The van der Waals surface area contributed by atoms with Crippen LogP contribution in [-0.2, 0) is 14.8 Å². The van der Waals surface area contributed by atoms with Crippen LogP contribution in [0.15, 0.2) is 0 Å². The highest BCUT2D eigenvalue weighted by molar-refractivity contribution is 7.89. The zero-order chi connectivity index (χ0) is 14.5. The number of likely N-dealkylation sites (tertiary alicyclic amines) is 1. The van der Waals surface area contributed by atoms with Crippen molar-refractivity contribution in [2.45, 2.75) is 39.2 Å². The van der Waals surface area contributed by atoms with Gasteiger partial charge in [-0.15, -0.1) is 11.6 Å². The number of amides is 1. The predicted octanol–water partition coefficient (Wildman–Crippen LogP) is 1.18. The molecule has 0 bridgehead atoms. The minimum Gasteiger partial charge on any atom is -0.342 e. The average molecular weight is 311 g/mol. The Morgan fingerprint density at radius 2 is 1.95 bits per heavy atom. The number of sulfonamides is 1. The summed E-state index contributed by atoms with van der Waals surface area (Å²) < 4.78 is 26.2. The van der Waals surface area contributed by atoms with Crippen LogP contribution < -0.4 is 4.72 Å². The molecule has 0 aromatic rings. The fourth-order valence-corrected chi connectivity index (χ4v) is 3.82. The third-order valence-corrected chi connectivity index (χ3v) is 4.98. The van der Waals surface area contributed by atoms with Gasteiger partial charge in [-0.3, -0.25) is 4.79 Å². The summed E-state index contributed by atoms with van der Waals surface area (Å²) in [7, 11) is -3.24. The predicted molar refractivity (Wildman–Crippen MR) is 76.7 cm³/mol. The van der Waals surface area contributed by atoms with Gasteiger partial charge in [-0.05, 0) is 19.3 Å². The van der Waals surface area contributed by atoms with Crippen molar-refractivity contribution in [2.75, 3.05) is 24.7 Å². The maximum absolute atomic E-state index is 11.8. The molecule has 19 heavy (non-hydrogen) atoms. The van der Waals surface area contributed by atoms with E-state index in [0.717, 1.165) is 0 Å². The number of halogens is 1. The second-order valence-electron chi connectivity index (χ2n) is 5.23. The first-order chi connectivity index (χ1) is 8.85. The van der Waals surface area contributed by atoms with Gasteiger partial charge in [0, 0.05) is 30.9 Å². The molecule has 1 fully saturated rings. The maximum atomic E-state index is 11.8. The molecule has 0 aromatic carbocycles. The van der Waals surface area contributed by atoms with Crippen LogP contribution in [0.25, 0.3) is 0 Å². The van der Waals surface area contributed by atoms with Crippen molar-refractivity contribution in [3.8, 4) is 0 Å². The van der Waals surface area contributed by atoms with Crippen LogP contribution in [0.4, 0.5) is 0 Å². The molecular weight excluding hydrogens is 288 g/mol. The fraction of sp³-hybridized carbons (Fsp3) is 0.917. The minimum atomic E-state index is -3.24. The van der Waals surface area contributed by atoms with Crippen molar-refractivity contribution in [1.82, 2.24) is 9.62 Å². The topological polar surface area (TPSA) is 66.5 Å². The van der Waals surface area contributed by atoms with E-state index in [0.29, 0.717) is 38.2 Å². The molecule has 1 saturated heterocycles. The second kappa shape index (κ2) is 7.45. The normalized spacial score (nSPS) is 18.0. The van der Waals surface area contributed by atoms with E-state index in [-0.39, 0.29) is 23.6 Å². The third kappa shape index (κ3) is 5.67. The lowest BCUT2D eigenvalue weighted by atomic mass is 10.0. The maximum Gasteiger partial charge on any atom is 0.225 e. The number of carbonyl (C=O) groups excluding carboxylic acids is 1. The van der Waals surface area contributed by atoms with Crippen molar-refractivity contribution >= 4 is 27.5 Å². The van der Waals surface area contributed by atoms with Crippen molar-refractivity contribution in [2.24, 2.45) is 5.92 Å². The Morgan fingerprint density at radius 1 is 1.37 bits per heavy atom. The van der Waals surface area contributed by atoms with Crippen LogP contribution in [0.2, 0.25) is 0 Å². The first-order valence-corrected chi connectivity index (χ1v) is 8.89. The van der Waals surface area contributed by atoms with E-state index in [4.69, 9.17) is 11.6 Å². The van der Waals surface area contributed by atoms with Gasteiger partial charge >= 0.3 is 0 Å². The Hall–Kier alpha value is -0.330. The van der Waals surface area contributed by atoms with Gasteiger partial charge in [0.05, 0.1) is 5.75 Å². The molecule has 1 rings (SSSR count). The molecule has 0 radical (unpaired) electrons. The van der Waals surface area contributed by atoms with Gasteiger partial charge < -0.3 is 4.90 Å². The summed E-state index contributed by atoms with van der Waals surface area (Å²) in [6.07, 6.45) is 1.82. The average Bonchev–Trinajstić information content (AvgIpc) is 2.36. The molecule has 7 heteroatoms. The largest absolute Gasteiger partial charge is 0.342 e. The zero-order valence-corrected chi connectivity index (χ0v) is 13.1. The highest BCUT2D eigenvalue weighted by Crippen LogP contribution is 2.14. The Bertz CT molecular complexity index is 390. The lowest BCUT2D eigenvalue weighted by Gasteiger charge is -2.33. The van der Waals surface area contributed by atoms with E-state index in [1.165, 1.54) is 0 Å². The summed E-state index contributed by atoms with van der Waals surface area (Å²) in [5, 5.41) is 0. The third-order valence-electron chi connectivity index (χ3n) is 3.19. The van der Waals surface area contributed by atoms with Gasteiger partial charge in [0.2, 0.25) is 15.9 Å². The number of carbonyl (C=O) groups is 1. The summed E-state index contributed by atoms with van der Waals surface area (Å²) in [4.78, 5) is 13.6. The first kappa shape index (κ1) is 16.7. The molecule has 0 saturated carbocycles. The molecule has 1 aliphatic heterocycles. The summed E-state index contributed by atoms with van der Waals surface area (Å²) in [5.74, 6) is 0.560. The highest BCUT2D eigenvalue weighted by Gasteiger charge is 2.26. The van der Waals surface area contributed by atoms with Gasteiger partial charge in [0.1, 0.15) is 0 Å². The fourth-order valence-electron chi connectivity index (χ4n) is 2.14. The van der Waals surface area contributed by atoms with E-state index in [2.05, 4.69) is 4.72 Å². The Morgan fingerprint density at radius 3 is 2.42 bits per heavy atom. The molecule has 0 aromatic heterocycles. The van der Waals surface area contributed by atoms with Crippen LogP contribution in [0.3, 0.4) is 0 Å². The lowest BCUT2D eigenvalue weighted by Crippen LogP contribution is -2.47. The molecule has 0 aliphatic carbocycles. The molecule has 0 atom stereocenters. The highest BCUT2D eigenvalue weighted by atomic mass is 35.5. The molecule has 0 unspecified atom stereocenters. The van der Waals surface area contributed by atoms with Gasteiger partial charge in [0.15, 0.2) is 0 Å². The van der Waals surface area contributed by atoms with Gasteiger partial charge in [0.25, 0.3) is 0 Å². The monoisotopic (exact) mass is 310 g/mol. The standard InChI is InChI=1S/C12H23ClN2O3S/c1-10(2)12(16)15-7-4-11(5-8-15)14-19(17,18)9-3-6-13/h10-11,14H,3-9H2,1-2H3. The molecule has 1 N–H and O–H groups in total. The quantitative estimate of drug-likeness (QED) is 0.749. The van der Waals surface area contributed by atoms with E-state index in [1.54, 1.807) is 0 Å². The second-order valence-corrected chi connectivity index (χ2v) is 7.48. The molecular formula is C12H23ClN2O3S. The minimum absolute atomic E-state index is 0.00281. The summed E-state index contributed by atoms with van der Waals surface area (Å²) >= 11 is 5.50. The summed E-state index contributed by atoms with van der Waals surface area (Å²) in [6.45, 7) is 5.01. The summed E-state index contributed by atoms with van der Waals surface area (Å²) in [5.41, 5.74) is 0. The molecule has 0 spiro atoms. The van der Waals surface area contributed by atoms with Crippen LogP contribution in [0, 0.1) is 5.92 Å². The molecule has 5 nitrogen and oxygen atoms in total. The number of alkyl halides is 1. The van der Waals surface area contributed by atoms with Crippen LogP contribution >= 0.6 is 11.6 Å². The van der Waals surface area contributed by atoms with Crippen molar-refractivity contribution in [1.29, 1.82) is 0 Å². The Kier molecular flexibility index (Phi) is 6.56. The molecule has 112 valence electrons. The molecule has 1 amide bonds. The molecule has 1 aliphatic rings. The van der Waals surface area contributed by atoms with Gasteiger partial charge in [-0.1, -0.05) is 13.8 Å². The van der Waals surface area contributed by atoms with E-state index in [9.17, 15) is 13.2 Å². The van der Waals surface area contributed by atoms with Crippen LogP contribution in [0.1, 0.15) is 33.1 Å². The van der Waals surface area contributed by atoms with Crippen LogP contribution in [0.5, 0.6) is 0 Å². The van der Waals surface area contributed by atoms with Gasteiger partial charge in [-0.2, -0.15) is 0 Å². The van der Waals surface area contributed by atoms with Crippen molar-refractivity contribution < 1.29 is 13.2 Å². The molecule has 1 heterocycles. The summed E-state index contributed by atoms with van der Waals surface area (Å²) in [6, 6.07) is -0.0588. The smallest absolute Gasteiger partial charge is 0.225 e. The number of piperidine rings is 1. The number of nitrogens with one attached hydrogen (secondary N) is 1. The van der Waals surface area contributed by atoms with E-state index >= 15 is 0 Å². The van der Waals surface area contributed by atoms with Crippen molar-refractivity contribution in [3.63, 3.8) is 0 Å². The Labute approximate surface area is 120 Å².